The summed E-state index contributed by atoms with van der Waals surface area (Å²) in [4.78, 5) is 29.5. The maximum absolute atomic E-state index is 12.9. The molecule has 3 aliphatic heterocycles. The Morgan fingerprint density at radius 3 is 2.69 bits per heavy atom. The number of hydrogen-bond donors (Lipinski definition) is 1. The molecule has 1 aromatic rings. The van der Waals surface area contributed by atoms with E-state index in [1.54, 1.807) is 4.90 Å². The van der Waals surface area contributed by atoms with Crippen molar-refractivity contribution in [1.29, 1.82) is 0 Å². The Hall–Kier alpha value is -2.28. The summed E-state index contributed by atoms with van der Waals surface area (Å²) in [5.41, 5.74) is -0.496. The lowest BCUT2D eigenvalue weighted by Gasteiger charge is -2.45. The Kier molecular flexibility index (Phi) is 4.48. The Morgan fingerprint density at radius 1 is 1.19 bits per heavy atom. The molecule has 3 aliphatic rings. The first kappa shape index (κ1) is 17.1. The molecule has 0 aromatic heterocycles. The van der Waals surface area contributed by atoms with Crippen molar-refractivity contribution in [1.82, 2.24) is 15.1 Å². The van der Waals surface area contributed by atoms with Gasteiger partial charge >= 0.3 is 0 Å². The molecule has 2 amide bonds. The molecular weight excluding hydrogens is 334 g/mol. The van der Waals surface area contributed by atoms with Crippen LogP contribution in [0.4, 0.5) is 0 Å². The summed E-state index contributed by atoms with van der Waals surface area (Å²) in [5.74, 6) is 1.31. The molecule has 7 heteroatoms. The van der Waals surface area contributed by atoms with Gasteiger partial charge in [-0.3, -0.25) is 14.5 Å². The molecule has 2 saturated heterocycles. The lowest BCUT2D eigenvalue weighted by atomic mass is 9.85. The standard InChI is InChI=1S/C19H25N3O4/c1-21-10-4-9-20-18(24)19(21)7-11-22(12-8-19)17(23)16-13-25-14-5-2-3-6-15(14)26-16/h2-3,5-6,16H,4,7-13H2,1H3,(H,20,24). The van der Waals surface area contributed by atoms with Gasteiger partial charge in [0.2, 0.25) is 12.0 Å². The quantitative estimate of drug-likeness (QED) is 0.797. The topological polar surface area (TPSA) is 71.1 Å². The molecule has 1 spiro atoms. The molecule has 1 N–H and O–H groups in total. The Morgan fingerprint density at radius 2 is 1.92 bits per heavy atom. The fourth-order valence-electron chi connectivity index (χ4n) is 4.12. The highest BCUT2D eigenvalue weighted by molar-refractivity contribution is 5.87. The largest absolute Gasteiger partial charge is 0.485 e. The van der Waals surface area contributed by atoms with Gasteiger partial charge in [0.05, 0.1) is 0 Å². The third-order valence-electron chi connectivity index (χ3n) is 5.80. The number of fused-ring (bicyclic) bond motifs is 1. The summed E-state index contributed by atoms with van der Waals surface area (Å²) in [6.45, 7) is 2.94. The molecule has 26 heavy (non-hydrogen) atoms. The van der Waals surface area contributed by atoms with Gasteiger partial charge in [0, 0.05) is 26.2 Å². The molecular formula is C19H25N3O4. The number of carbonyl (C=O) groups excluding carboxylic acids is 2. The van der Waals surface area contributed by atoms with Gasteiger partial charge in [0.15, 0.2) is 11.5 Å². The van der Waals surface area contributed by atoms with Crippen molar-refractivity contribution >= 4 is 11.8 Å². The smallest absolute Gasteiger partial charge is 0.267 e. The minimum atomic E-state index is -0.625. The minimum absolute atomic E-state index is 0.0639. The van der Waals surface area contributed by atoms with Gasteiger partial charge in [-0.05, 0) is 38.4 Å². The van der Waals surface area contributed by atoms with E-state index in [-0.39, 0.29) is 18.4 Å². The lowest BCUT2D eigenvalue weighted by molar-refractivity contribution is -0.147. The number of benzene rings is 1. The fraction of sp³-hybridized carbons (Fsp3) is 0.579. The van der Waals surface area contributed by atoms with E-state index < -0.39 is 11.6 Å². The fourth-order valence-corrected chi connectivity index (χ4v) is 4.12. The average Bonchev–Trinajstić information content (AvgIpc) is 2.82. The monoisotopic (exact) mass is 359 g/mol. The first-order valence-electron chi connectivity index (χ1n) is 9.27. The third-order valence-corrected chi connectivity index (χ3v) is 5.80. The number of likely N-dealkylation sites (N-methyl/N-ethyl adjacent to an activating group) is 1. The molecule has 4 rings (SSSR count). The molecule has 3 heterocycles. The summed E-state index contributed by atoms with van der Waals surface area (Å²) in [6, 6.07) is 7.38. The number of piperidine rings is 1. The summed E-state index contributed by atoms with van der Waals surface area (Å²) in [5, 5.41) is 3.03. The first-order chi connectivity index (χ1) is 12.6. The highest BCUT2D eigenvalue weighted by Gasteiger charge is 2.47. The van der Waals surface area contributed by atoms with Crippen LogP contribution in [0.1, 0.15) is 19.3 Å². The predicted octanol–water partition coefficient (Wildman–Crippen LogP) is 0.639. The number of likely N-dealkylation sites (tertiary alicyclic amines) is 1. The van der Waals surface area contributed by atoms with Gasteiger partial charge in [-0.15, -0.1) is 0 Å². The summed E-state index contributed by atoms with van der Waals surface area (Å²) >= 11 is 0. The second-order valence-electron chi connectivity index (χ2n) is 7.25. The van der Waals surface area contributed by atoms with E-state index in [2.05, 4.69) is 10.2 Å². The number of ether oxygens (including phenoxy) is 2. The zero-order chi connectivity index (χ0) is 18.1. The number of nitrogens with zero attached hydrogens (tertiary/aromatic N) is 2. The molecule has 0 saturated carbocycles. The second-order valence-corrected chi connectivity index (χ2v) is 7.25. The zero-order valence-corrected chi connectivity index (χ0v) is 15.1. The first-order valence-corrected chi connectivity index (χ1v) is 9.27. The van der Waals surface area contributed by atoms with E-state index in [1.165, 1.54) is 0 Å². The van der Waals surface area contributed by atoms with Crippen molar-refractivity contribution in [3.63, 3.8) is 0 Å². The second kappa shape index (κ2) is 6.79. The maximum Gasteiger partial charge on any atom is 0.267 e. The van der Waals surface area contributed by atoms with Crippen LogP contribution in [0.2, 0.25) is 0 Å². The van der Waals surface area contributed by atoms with Crippen LogP contribution in [0, 0.1) is 0 Å². The van der Waals surface area contributed by atoms with Crippen molar-refractivity contribution in [2.45, 2.75) is 30.9 Å². The number of amides is 2. The van der Waals surface area contributed by atoms with Crippen molar-refractivity contribution in [3.8, 4) is 11.5 Å². The van der Waals surface area contributed by atoms with Crippen LogP contribution in [-0.2, 0) is 9.59 Å². The summed E-state index contributed by atoms with van der Waals surface area (Å²) in [7, 11) is 2.01. The van der Waals surface area contributed by atoms with Crippen molar-refractivity contribution in [2.75, 3.05) is 39.8 Å². The minimum Gasteiger partial charge on any atom is -0.485 e. The number of carbonyl (C=O) groups is 2. The number of hydrogen-bond acceptors (Lipinski definition) is 5. The van der Waals surface area contributed by atoms with E-state index in [1.807, 2.05) is 31.3 Å². The Balaban J connectivity index is 1.42. The predicted molar refractivity (Wildman–Crippen MR) is 95.2 cm³/mol. The Bertz CT molecular complexity index is 700. The molecule has 140 valence electrons. The van der Waals surface area contributed by atoms with Gasteiger partial charge in [-0.1, -0.05) is 12.1 Å². The zero-order valence-electron chi connectivity index (χ0n) is 15.1. The van der Waals surface area contributed by atoms with E-state index in [0.29, 0.717) is 37.4 Å². The van der Waals surface area contributed by atoms with Gasteiger partial charge in [-0.25, -0.2) is 0 Å². The van der Waals surface area contributed by atoms with Gasteiger partial charge in [-0.2, -0.15) is 0 Å². The Labute approximate surface area is 153 Å². The lowest BCUT2D eigenvalue weighted by Crippen LogP contribution is -2.62. The van der Waals surface area contributed by atoms with Crippen LogP contribution in [0.15, 0.2) is 24.3 Å². The summed E-state index contributed by atoms with van der Waals surface area (Å²) in [6.07, 6.45) is 1.62. The van der Waals surface area contributed by atoms with Crippen LogP contribution in [-0.4, -0.2) is 73.1 Å². The van der Waals surface area contributed by atoms with Gasteiger partial charge < -0.3 is 19.7 Å². The number of para-hydroxylation sites is 2. The van der Waals surface area contributed by atoms with Crippen LogP contribution in [0.25, 0.3) is 0 Å². The highest BCUT2D eigenvalue weighted by Crippen LogP contribution is 2.33. The molecule has 2 fully saturated rings. The van der Waals surface area contributed by atoms with Gasteiger partial charge in [0.1, 0.15) is 12.1 Å². The molecule has 0 aliphatic carbocycles. The molecule has 1 unspecified atom stereocenters. The molecule has 7 nitrogen and oxygen atoms in total. The SMILES string of the molecule is CN1CCCNC(=O)C12CCN(C(=O)C1COc3ccccc3O1)CC2. The van der Waals surface area contributed by atoms with Crippen molar-refractivity contribution < 1.29 is 19.1 Å². The van der Waals surface area contributed by atoms with Crippen molar-refractivity contribution in [3.05, 3.63) is 24.3 Å². The van der Waals surface area contributed by atoms with E-state index >= 15 is 0 Å². The van der Waals surface area contributed by atoms with Crippen LogP contribution < -0.4 is 14.8 Å². The normalized spacial score (nSPS) is 25.5. The van der Waals surface area contributed by atoms with E-state index in [0.717, 1.165) is 19.5 Å². The van der Waals surface area contributed by atoms with Crippen LogP contribution in [0.3, 0.4) is 0 Å². The van der Waals surface area contributed by atoms with E-state index in [4.69, 9.17) is 9.47 Å². The van der Waals surface area contributed by atoms with Crippen LogP contribution >= 0.6 is 0 Å². The number of rotatable bonds is 1. The third kappa shape index (κ3) is 2.90. The average molecular weight is 359 g/mol. The van der Waals surface area contributed by atoms with Gasteiger partial charge in [0.25, 0.3) is 5.91 Å². The van der Waals surface area contributed by atoms with Crippen molar-refractivity contribution in [2.24, 2.45) is 0 Å². The molecule has 1 atom stereocenters. The maximum atomic E-state index is 12.9. The number of nitrogens with one attached hydrogen (secondary N) is 1. The molecule has 0 radical (unpaired) electrons. The molecule has 1 aromatic carbocycles. The molecule has 0 bridgehead atoms. The highest BCUT2D eigenvalue weighted by atomic mass is 16.6. The van der Waals surface area contributed by atoms with Crippen LogP contribution in [0.5, 0.6) is 11.5 Å². The summed E-state index contributed by atoms with van der Waals surface area (Å²) < 4.78 is 11.5. The van der Waals surface area contributed by atoms with E-state index in [9.17, 15) is 9.59 Å².